The van der Waals surface area contributed by atoms with E-state index in [1.54, 1.807) is 43.8 Å². The smallest absolute Gasteiger partial charge is 0.303 e. The molecule has 4 heterocycles. The third-order valence-corrected chi connectivity index (χ3v) is 9.44. The first-order valence-corrected chi connectivity index (χ1v) is 15.6. The fourth-order valence-corrected chi connectivity index (χ4v) is 6.83. The van der Waals surface area contributed by atoms with Gasteiger partial charge in [0.25, 0.3) is 5.56 Å². The van der Waals surface area contributed by atoms with E-state index in [0.29, 0.717) is 35.5 Å². The monoisotopic (exact) mass is 596 g/mol. The topological polar surface area (TPSA) is 159 Å². The average molecular weight is 597 g/mol. The molecule has 3 aromatic rings. The van der Waals surface area contributed by atoms with Crippen LogP contribution in [-0.2, 0) is 15.0 Å². The molecule has 0 spiro atoms. The van der Waals surface area contributed by atoms with Crippen molar-refractivity contribution in [3.8, 4) is 0 Å². The van der Waals surface area contributed by atoms with Gasteiger partial charge >= 0.3 is 10.2 Å². The van der Waals surface area contributed by atoms with Crippen LogP contribution >= 0.6 is 0 Å². The minimum Gasteiger partial charge on any atom is -0.368 e. The summed E-state index contributed by atoms with van der Waals surface area (Å²) in [6.07, 6.45) is 7.09. The van der Waals surface area contributed by atoms with Crippen LogP contribution in [0.25, 0.3) is 11.0 Å². The van der Waals surface area contributed by atoms with Crippen LogP contribution in [0.4, 0.5) is 17.5 Å². The molecule has 2 fully saturated rings. The van der Waals surface area contributed by atoms with E-state index in [2.05, 4.69) is 20.0 Å². The average Bonchev–Trinajstić information content (AvgIpc) is 3.47. The van der Waals surface area contributed by atoms with Crippen LogP contribution in [0.3, 0.4) is 0 Å². The highest BCUT2D eigenvalue weighted by Crippen LogP contribution is 2.32. The van der Waals surface area contributed by atoms with E-state index in [1.165, 1.54) is 11.2 Å². The number of nitrogens with zero attached hydrogens (tertiary/aromatic N) is 6. The van der Waals surface area contributed by atoms with Crippen LogP contribution in [0.5, 0.6) is 0 Å². The van der Waals surface area contributed by atoms with E-state index in [1.807, 2.05) is 11.0 Å². The Hall–Kier alpha value is -3.91. The van der Waals surface area contributed by atoms with E-state index in [9.17, 15) is 22.8 Å². The first-order valence-electron chi connectivity index (χ1n) is 14.2. The lowest BCUT2D eigenvalue weighted by Gasteiger charge is -2.35. The number of Topliss-reactive ketones (excluding diaryl/α,β-unsaturated/α-hetero) is 1. The summed E-state index contributed by atoms with van der Waals surface area (Å²) in [4.78, 5) is 53.3. The van der Waals surface area contributed by atoms with Crippen LogP contribution in [-0.4, -0.2) is 70.1 Å². The van der Waals surface area contributed by atoms with Crippen LogP contribution in [0.1, 0.15) is 68.4 Å². The van der Waals surface area contributed by atoms with Crippen LogP contribution in [0, 0.1) is 12.8 Å². The van der Waals surface area contributed by atoms with Gasteiger partial charge in [0.05, 0.1) is 17.4 Å². The van der Waals surface area contributed by atoms with Crippen molar-refractivity contribution in [2.45, 2.75) is 59.4 Å². The van der Waals surface area contributed by atoms with Gasteiger partial charge in [0.15, 0.2) is 5.78 Å². The zero-order valence-electron chi connectivity index (χ0n) is 24.3. The first-order chi connectivity index (χ1) is 20.0. The van der Waals surface area contributed by atoms with Crippen molar-refractivity contribution in [2.24, 2.45) is 5.92 Å². The van der Waals surface area contributed by atoms with Crippen LogP contribution in [0.15, 0.2) is 29.3 Å². The van der Waals surface area contributed by atoms with Gasteiger partial charge in [0.1, 0.15) is 11.5 Å². The molecule has 1 aliphatic carbocycles. The largest absolute Gasteiger partial charge is 0.368 e. The highest BCUT2D eigenvalue weighted by Gasteiger charge is 2.29. The van der Waals surface area contributed by atoms with Crippen LogP contribution < -0.4 is 20.5 Å². The van der Waals surface area contributed by atoms with E-state index >= 15 is 0 Å². The lowest BCUT2D eigenvalue weighted by atomic mass is 10.0. The van der Waals surface area contributed by atoms with Crippen molar-refractivity contribution in [3.63, 3.8) is 0 Å². The molecule has 1 saturated carbocycles. The fourth-order valence-electron chi connectivity index (χ4n) is 5.57. The summed E-state index contributed by atoms with van der Waals surface area (Å²) in [5, 5.41) is 3.78. The SMILES string of the molecule is CC(=O)c1c(C)c2cnc(Nc3ccc(N4CCN(S(=O)(=O)NC(=O)C(C)C)CC4)cn3)nc2n(C2CCCC2)c1=O. The second-order valence-electron chi connectivity index (χ2n) is 11.1. The van der Waals surface area contributed by atoms with Crippen molar-refractivity contribution >= 4 is 50.4 Å². The summed E-state index contributed by atoms with van der Waals surface area (Å²) < 4.78 is 30.1. The summed E-state index contributed by atoms with van der Waals surface area (Å²) in [6, 6.07) is 3.64. The maximum Gasteiger partial charge on any atom is 0.303 e. The molecule has 0 bridgehead atoms. The molecule has 224 valence electrons. The Morgan fingerprint density at radius 1 is 1.02 bits per heavy atom. The normalized spacial score (nSPS) is 16.7. The molecule has 42 heavy (non-hydrogen) atoms. The number of aromatic nitrogens is 4. The molecular weight excluding hydrogens is 560 g/mol. The highest BCUT2D eigenvalue weighted by atomic mass is 32.2. The molecule has 14 heteroatoms. The molecule has 0 unspecified atom stereocenters. The minimum absolute atomic E-state index is 0.0132. The second-order valence-corrected chi connectivity index (χ2v) is 12.8. The van der Waals surface area contributed by atoms with Crippen molar-refractivity contribution in [1.29, 1.82) is 0 Å². The zero-order valence-corrected chi connectivity index (χ0v) is 25.1. The van der Waals surface area contributed by atoms with E-state index in [-0.39, 0.29) is 42.0 Å². The number of hydrogen-bond acceptors (Lipinski definition) is 10. The molecule has 2 N–H and O–H groups in total. The van der Waals surface area contributed by atoms with Crippen molar-refractivity contribution in [3.05, 3.63) is 46.0 Å². The number of aryl methyl sites for hydroxylation is 1. The molecule has 3 aromatic heterocycles. The number of fused-ring (bicyclic) bond motifs is 1. The van der Waals surface area contributed by atoms with Gasteiger partial charge in [-0.15, -0.1) is 0 Å². The molecule has 1 saturated heterocycles. The minimum atomic E-state index is -3.88. The first kappa shape index (κ1) is 29.6. The summed E-state index contributed by atoms with van der Waals surface area (Å²) in [7, 11) is -3.88. The quantitative estimate of drug-likeness (QED) is 0.370. The number of anilines is 3. The van der Waals surface area contributed by atoms with Gasteiger partial charge in [-0.25, -0.2) is 14.7 Å². The van der Waals surface area contributed by atoms with Gasteiger partial charge in [-0.05, 0) is 44.4 Å². The zero-order chi connectivity index (χ0) is 30.2. The Balaban J connectivity index is 1.32. The summed E-state index contributed by atoms with van der Waals surface area (Å²) in [6.45, 7) is 7.81. The standard InChI is InChI=1S/C28H36N8O5S/c1-17(2)26(38)33-42(40,41)35-13-11-34(12-14-35)21-9-10-23(29-15-21)31-28-30-16-22-18(3)24(19(4)37)27(39)36(25(22)32-28)20-7-5-6-8-20/h9-10,15-17,20H,5-8,11-14H2,1-4H3,(H,33,38)(H,29,30,31,32). The van der Waals surface area contributed by atoms with Crippen molar-refractivity contribution < 1.29 is 18.0 Å². The van der Waals surface area contributed by atoms with E-state index in [4.69, 9.17) is 4.98 Å². The summed E-state index contributed by atoms with van der Waals surface area (Å²) in [5.74, 6) is -0.439. The van der Waals surface area contributed by atoms with Gasteiger partial charge < -0.3 is 10.2 Å². The Bertz CT molecular complexity index is 1670. The van der Waals surface area contributed by atoms with Gasteiger partial charge in [0, 0.05) is 49.7 Å². The number of hydrogen-bond donors (Lipinski definition) is 2. The predicted molar refractivity (Wildman–Crippen MR) is 159 cm³/mol. The van der Waals surface area contributed by atoms with E-state index in [0.717, 1.165) is 31.4 Å². The molecule has 1 amide bonds. The third-order valence-electron chi connectivity index (χ3n) is 7.94. The lowest BCUT2D eigenvalue weighted by molar-refractivity contribution is -0.122. The van der Waals surface area contributed by atoms with Gasteiger partial charge in [-0.3, -0.25) is 19.0 Å². The lowest BCUT2D eigenvalue weighted by Crippen LogP contribution is -2.53. The number of amides is 1. The number of nitrogens with one attached hydrogen (secondary N) is 2. The highest BCUT2D eigenvalue weighted by molar-refractivity contribution is 7.87. The van der Waals surface area contributed by atoms with E-state index < -0.39 is 22.0 Å². The molecule has 0 aromatic carbocycles. The molecule has 13 nitrogen and oxygen atoms in total. The number of piperazine rings is 1. The Morgan fingerprint density at radius 3 is 2.31 bits per heavy atom. The van der Waals surface area contributed by atoms with Gasteiger partial charge in [-0.1, -0.05) is 26.7 Å². The molecule has 5 rings (SSSR count). The van der Waals surface area contributed by atoms with Gasteiger partial charge in [0.2, 0.25) is 11.9 Å². The molecule has 0 atom stereocenters. The molecule has 2 aliphatic rings. The summed E-state index contributed by atoms with van der Waals surface area (Å²) in [5.41, 5.74) is 1.80. The Kier molecular flexibility index (Phi) is 8.28. The number of rotatable bonds is 8. The predicted octanol–water partition coefficient (Wildman–Crippen LogP) is 2.70. The van der Waals surface area contributed by atoms with Crippen LogP contribution in [0.2, 0.25) is 0 Å². The maximum absolute atomic E-state index is 13.4. The fraction of sp³-hybridized carbons (Fsp3) is 0.500. The Morgan fingerprint density at radius 2 is 1.71 bits per heavy atom. The summed E-state index contributed by atoms with van der Waals surface area (Å²) >= 11 is 0. The number of ketones is 1. The number of carbonyl (C=O) groups is 2. The number of carbonyl (C=O) groups excluding carboxylic acids is 2. The Labute approximate surface area is 244 Å². The second kappa shape index (κ2) is 11.8. The van der Waals surface area contributed by atoms with Crippen molar-refractivity contribution in [2.75, 3.05) is 36.4 Å². The molecule has 0 radical (unpaired) electrons. The number of pyridine rings is 2. The maximum atomic E-state index is 13.4. The molecule has 1 aliphatic heterocycles. The molecular formula is C28H36N8O5S. The van der Waals surface area contributed by atoms with Gasteiger partial charge in [-0.2, -0.15) is 17.7 Å². The third kappa shape index (κ3) is 5.86. The van der Waals surface area contributed by atoms with Crippen molar-refractivity contribution in [1.82, 2.24) is 28.5 Å².